The van der Waals surface area contributed by atoms with Crippen molar-refractivity contribution in [2.45, 2.75) is 322 Å². The zero-order chi connectivity index (χ0) is 55.7. The minimum absolute atomic E-state index is 0.104. The van der Waals surface area contributed by atoms with Gasteiger partial charge in [-0.1, -0.05) is 285 Å². The fraction of sp³-hybridized carbons (Fsp3) is 0.732. The number of carbonyl (C=O) groups is 3. The monoisotopic (exact) mass is 1070 g/mol. The second-order valence-corrected chi connectivity index (χ2v) is 21.6. The molecule has 0 radical (unpaired) electrons. The number of carbonyl (C=O) groups excluding carboxylic acids is 3. The summed E-state index contributed by atoms with van der Waals surface area (Å²) < 4.78 is 16.8. The Labute approximate surface area is 477 Å². The van der Waals surface area contributed by atoms with Crippen LogP contribution in [0.1, 0.15) is 316 Å². The van der Waals surface area contributed by atoms with Gasteiger partial charge < -0.3 is 14.2 Å². The highest BCUT2D eigenvalue weighted by Gasteiger charge is 2.19. The molecule has 0 amide bonds. The van der Waals surface area contributed by atoms with Crippen molar-refractivity contribution in [3.63, 3.8) is 0 Å². The minimum Gasteiger partial charge on any atom is -0.462 e. The molecule has 0 N–H and O–H groups in total. The summed E-state index contributed by atoms with van der Waals surface area (Å²) in [5.74, 6) is -0.993. The fourth-order valence-corrected chi connectivity index (χ4v) is 9.17. The van der Waals surface area contributed by atoms with Crippen LogP contribution in [0.25, 0.3) is 0 Å². The van der Waals surface area contributed by atoms with E-state index >= 15 is 0 Å². The first kappa shape index (κ1) is 73.3. The van der Waals surface area contributed by atoms with Gasteiger partial charge in [0.15, 0.2) is 6.10 Å². The van der Waals surface area contributed by atoms with Gasteiger partial charge in [-0.15, -0.1) is 0 Å². The summed E-state index contributed by atoms with van der Waals surface area (Å²) in [5, 5.41) is 0. The zero-order valence-electron chi connectivity index (χ0n) is 50.7. The van der Waals surface area contributed by atoms with Crippen LogP contribution >= 0.6 is 0 Å². The van der Waals surface area contributed by atoms with E-state index in [-0.39, 0.29) is 37.5 Å². The van der Waals surface area contributed by atoms with Crippen LogP contribution in [0.5, 0.6) is 0 Å². The van der Waals surface area contributed by atoms with Gasteiger partial charge in [-0.05, 0) is 109 Å². The molecule has 0 saturated heterocycles. The first-order valence-electron chi connectivity index (χ1n) is 32.7. The molecular formula is C71H122O6. The summed E-state index contributed by atoms with van der Waals surface area (Å²) in [4.78, 5) is 38.3. The highest BCUT2D eigenvalue weighted by atomic mass is 16.6. The Hall–Kier alpha value is -3.67. The third kappa shape index (κ3) is 63.0. The predicted octanol–water partition coefficient (Wildman–Crippen LogP) is 22.4. The molecule has 0 aromatic heterocycles. The zero-order valence-corrected chi connectivity index (χ0v) is 50.7. The van der Waals surface area contributed by atoms with E-state index in [4.69, 9.17) is 14.2 Å². The first-order valence-corrected chi connectivity index (χ1v) is 32.7. The second kappa shape index (κ2) is 64.9. The van der Waals surface area contributed by atoms with Gasteiger partial charge in [0.2, 0.25) is 0 Å². The summed E-state index contributed by atoms with van der Waals surface area (Å²) >= 11 is 0. The minimum atomic E-state index is -0.815. The lowest BCUT2D eigenvalue weighted by atomic mass is 10.0. The topological polar surface area (TPSA) is 78.9 Å². The average Bonchev–Trinajstić information content (AvgIpc) is 3.43. The van der Waals surface area contributed by atoms with Gasteiger partial charge in [0.1, 0.15) is 13.2 Å². The van der Waals surface area contributed by atoms with E-state index in [9.17, 15) is 14.4 Å². The number of hydrogen-bond donors (Lipinski definition) is 0. The van der Waals surface area contributed by atoms with Gasteiger partial charge in [0.05, 0.1) is 0 Å². The van der Waals surface area contributed by atoms with E-state index in [0.29, 0.717) is 19.3 Å². The maximum atomic E-state index is 12.9. The molecule has 0 aliphatic carbocycles. The van der Waals surface area contributed by atoms with Crippen LogP contribution in [0.3, 0.4) is 0 Å². The van der Waals surface area contributed by atoms with Gasteiger partial charge in [-0.2, -0.15) is 0 Å². The van der Waals surface area contributed by atoms with Crippen LogP contribution in [0, 0.1) is 0 Å². The average molecular weight is 1070 g/mol. The Morgan fingerprint density at radius 3 is 0.883 bits per heavy atom. The largest absolute Gasteiger partial charge is 0.462 e. The lowest BCUT2D eigenvalue weighted by Gasteiger charge is -2.18. The summed E-state index contributed by atoms with van der Waals surface area (Å²) in [6.45, 7) is 6.47. The molecule has 0 aliphatic rings. The normalized spacial score (nSPS) is 12.7. The lowest BCUT2D eigenvalue weighted by Crippen LogP contribution is -2.30. The molecule has 442 valence electrons. The van der Waals surface area contributed by atoms with Crippen molar-refractivity contribution in [1.82, 2.24) is 0 Å². The molecule has 0 aliphatic heterocycles. The Bertz CT molecular complexity index is 1510. The van der Waals surface area contributed by atoms with Crippen LogP contribution in [0.15, 0.2) is 97.2 Å². The quantitative estimate of drug-likeness (QED) is 0.0261. The van der Waals surface area contributed by atoms with Crippen molar-refractivity contribution in [2.24, 2.45) is 0 Å². The Balaban J connectivity index is 4.36. The van der Waals surface area contributed by atoms with Gasteiger partial charge in [0, 0.05) is 19.3 Å². The Morgan fingerprint density at radius 2 is 0.532 bits per heavy atom. The van der Waals surface area contributed by atoms with Gasteiger partial charge >= 0.3 is 17.9 Å². The number of unbranched alkanes of at least 4 members (excludes halogenated alkanes) is 32. The highest BCUT2D eigenvalue weighted by molar-refractivity contribution is 5.71. The standard InChI is InChI=1S/C71H122O6/c1-4-7-10-13-16-19-22-25-27-29-31-33-34-35-36-38-39-41-43-46-49-52-55-58-61-64-70(73)76-67-68(66-75-69(72)63-60-57-54-51-48-45-24-21-18-15-12-9-6-3)77-71(74)65-62-59-56-53-50-47-44-42-40-37-32-30-28-26-23-20-17-14-11-8-5-2/h9,12,18,21,23,26,29-32,40,42,45,48,54,57,68H,4-8,10-11,13-17,19-20,22,24-25,27-28,33-39,41,43-44,46-47,49-53,55-56,58-67H2,1-3H3/b12-9-,21-18-,26-23-,31-29-,32-30-,42-40-,48-45-,57-54-. The molecular weight excluding hydrogens is 949 g/mol. The van der Waals surface area contributed by atoms with Crippen molar-refractivity contribution < 1.29 is 28.6 Å². The third-order valence-electron chi connectivity index (χ3n) is 14.1. The van der Waals surface area contributed by atoms with E-state index in [0.717, 1.165) is 89.9 Å². The van der Waals surface area contributed by atoms with Crippen molar-refractivity contribution in [1.29, 1.82) is 0 Å². The highest BCUT2D eigenvalue weighted by Crippen LogP contribution is 2.16. The number of esters is 3. The fourth-order valence-electron chi connectivity index (χ4n) is 9.17. The smallest absolute Gasteiger partial charge is 0.306 e. The van der Waals surface area contributed by atoms with Crippen molar-refractivity contribution in [3.8, 4) is 0 Å². The predicted molar refractivity (Wildman–Crippen MR) is 334 cm³/mol. The number of rotatable bonds is 59. The van der Waals surface area contributed by atoms with E-state index in [1.54, 1.807) is 0 Å². The van der Waals surface area contributed by atoms with Crippen molar-refractivity contribution in [2.75, 3.05) is 13.2 Å². The van der Waals surface area contributed by atoms with E-state index in [1.807, 2.05) is 6.08 Å². The molecule has 0 saturated carbocycles. The molecule has 0 rings (SSSR count). The summed E-state index contributed by atoms with van der Waals surface area (Å²) in [7, 11) is 0. The maximum Gasteiger partial charge on any atom is 0.306 e. The van der Waals surface area contributed by atoms with Gasteiger partial charge in [-0.3, -0.25) is 14.4 Å². The van der Waals surface area contributed by atoms with Crippen LogP contribution in [0.4, 0.5) is 0 Å². The summed E-state index contributed by atoms with van der Waals surface area (Å²) in [6.07, 6.45) is 87.3. The lowest BCUT2D eigenvalue weighted by molar-refractivity contribution is -0.166. The summed E-state index contributed by atoms with van der Waals surface area (Å²) in [5.41, 5.74) is 0. The molecule has 1 atom stereocenters. The molecule has 0 aromatic carbocycles. The van der Waals surface area contributed by atoms with Gasteiger partial charge in [0.25, 0.3) is 0 Å². The molecule has 0 bridgehead atoms. The molecule has 6 heteroatoms. The van der Waals surface area contributed by atoms with E-state index in [1.165, 1.54) is 180 Å². The van der Waals surface area contributed by atoms with Crippen LogP contribution in [-0.2, 0) is 28.6 Å². The third-order valence-corrected chi connectivity index (χ3v) is 14.1. The molecule has 77 heavy (non-hydrogen) atoms. The van der Waals surface area contributed by atoms with Crippen molar-refractivity contribution in [3.05, 3.63) is 97.2 Å². The second-order valence-electron chi connectivity index (χ2n) is 21.6. The van der Waals surface area contributed by atoms with E-state index in [2.05, 4.69) is 112 Å². The van der Waals surface area contributed by atoms with Crippen LogP contribution in [0.2, 0.25) is 0 Å². The molecule has 0 spiro atoms. The summed E-state index contributed by atoms with van der Waals surface area (Å²) in [6, 6.07) is 0. The molecule has 0 aromatic rings. The molecule has 0 heterocycles. The first-order chi connectivity index (χ1) is 38.0. The maximum absolute atomic E-state index is 12.9. The van der Waals surface area contributed by atoms with Crippen LogP contribution in [-0.4, -0.2) is 37.2 Å². The molecule has 6 nitrogen and oxygen atoms in total. The van der Waals surface area contributed by atoms with E-state index < -0.39 is 6.10 Å². The molecule has 1 unspecified atom stereocenters. The van der Waals surface area contributed by atoms with Crippen LogP contribution < -0.4 is 0 Å². The number of allylic oxidation sites excluding steroid dienone is 16. The molecule has 0 fully saturated rings. The number of ether oxygens (including phenoxy) is 3. The van der Waals surface area contributed by atoms with Crippen molar-refractivity contribution >= 4 is 17.9 Å². The SMILES string of the molecule is CC/C=C\C/C=C\C/C=C\C/C=C\CCC(=O)OCC(COC(=O)CCCCCCCCCCCCCCC/C=C\CCCCCCCCCC)OC(=O)CCCCCCCC/C=C\C/C=C\C/C=C\CCCCCCC. The Morgan fingerprint density at radius 1 is 0.273 bits per heavy atom. The van der Waals surface area contributed by atoms with Gasteiger partial charge in [-0.25, -0.2) is 0 Å². The Kier molecular flexibility index (Phi) is 61.8. The number of hydrogen-bond acceptors (Lipinski definition) is 6.